The number of phenolic OH excluding ortho intramolecular Hbond substituents is 3. The fourth-order valence-electron chi connectivity index (χ4n) is 3.83. The molecule has 0 aliphatic rings. The molecule has 0 atom stereocenters. The number of benzene rings is 4. The summed E-state index contributed by atoms with van der Waals surface area (Å²) in [5, 5.41) is 30.9. The molecule has 30 heavy (non-hydrogen) atoms. The number of para-hydroxylation sites is 3. The Labute approximate surface area is 176 Å². The molecule has 0 radical (unpaired) electrons. The highest BCUT2D eigenvalue weighted by molar-refractivity contribution is 5.48. The zero-order valence-corrected chi connectivity index (χ0v) is 16.6. The summed E-state index contributed by atoms with van der Waals surface area (Å²) in [7, 11) is 0. The maximum absolute atomic E-state index is 10.3. The summed E-state index contributed by atoms with van der Waals surface area (Å²) in [6, 6.07) is 28.2. The molecule has 4 rings (SSSR count). The molecule has 0 saturated carbocycles. The van der Waals surface area contributed by atoms with Gasteiger partial charge in [-0.05, 0) is 51.6 Å². The molecule has 0 unspecified atom stereocenters. The van der Waals surface area contributed by atoms with Gasteiger partial charge in [-0.1, -0.05) is 72.8 Å². The third kappa shape index (κ3) is 4.31. The van der Waals surface area contributed by atoms with E-state index in [-0.39, 0.29) is 17.2 Å². The van der Waals surface area contributed by atoms with E-state index in [1.807, 2.05) is 60.7 Å². The van der Waals surface area contributed by atoms with E-state index in [0.29, 0.717) is 19.3 Å². The summed E-state index contributed by atoms with van der Waals surface area (Å²) in [6.07, 6.45) is 1.74. The Morgan fingerprint density at radius 2 is 0.700 bits per heavy atom. The van der Waals surface area contributed by atoms with Crippen LogP contribution in [0.15, 0.2) is 91.0 Å². The molecular weight excluding hydrogens is 372 g/mol. The van der Waals surface area contributed by atoms with Crippen molar-refractivity contribution in [1.82, 2.24) is 0 Å². The van der Waals surface area contributed by atoms with Gasteiger partial charge in [0.1, 0.15) is 17.2 Å². The van der Waals surface area contributed by atoms with Gasteiger partial charge >= 0.3 is 0 Å². The Morgan fingerprint density at radius 1 is 0.367 bits per heavy atom. The molecule has 0 fully saturated rings. The van der Waals surface area contributed by atoms with E-state index < -0.39 is 0 Å². The Morgan fingerprint density at radius 3 is 1.10 bits per heavy atom. The lowest BCUT2D eigenvalue weighted by molar-refractivity contribution is 0.468. The molecule has 0 aliphatic carbocycles. The second kappa shape index (κ2) is 8.75. The summed E-state index contributed by atoms with van der Waals surface area (Å²) < 4.78 is 0. The van der Waals surface area contributed by atoms with Crippen LogP contribution in [0.1, 0.15) is 33.4 Å². The maximum atomic E-state index is 10.3. The van der Waals surface area contributed by atoms with Gasteiger partial charge in [-0.3, -0.25) is 0 Å². The lowest BCUT2D eigenvalue weighted by atomic mass is 9.88. The standard InChI is InChI=1S/C27H24O3/c28-25-13-4-1-8-21(25)16-19-11-7-12-20(17-22-9-2-5-14-26(22)29)24(19)18-23-10-3-6-15-27(23)30/h1-15,28-30H,16-18H2. The number of rotatable bonds is 6. The molecule has 0 heterocycles. The van der Waals surface area contributed by atoms with E-state index >= 15 is 0 Å². The Hall–Kier alpha value is -3.72. The molecule has 3 N–H and O–H groups in total. The van der Waals surface area contributed by atoms with Gasteiger partial charge in [0, 0.05) is 19.3 Å². The van der Waals surface area contributed by atoms with Gasteiger partial charge < -0.3 is 15.3 Å². The van der Waals surface area contributed by atoms with Crippen molar-refractivity contribution in [2.24, 2.45) is 0 Å². The zero-order chi connectivity index (χ0) is 20.9. The Balaban J connectivity index is 1.78. The van der Waals surface area contributed by atoms with Crippen LogP contribution in [0, 0.1) is 0 Å². The van der Waals surface area contributed by atoms with E-state index in [0.717, 1.165) is 33.4 Å². The molecular formula is C27H24O3. The van der Waals surface area contributed by atoms with Crippen molar-refractivity contribution in [3.05, 3.63) is 124 Å². The normalized spacial score (nSPS) is 10.8. The fraction of sp³-hybridized carbons (Fsp3) is 0.111. The summed E-state index contributed by atoms with van der Waals surface area (Å²) >= 11 is 0. The molecule has 0 aromatic heterocycles. The highest BCUT2D eigenvalue weighted by atomic mass is 16.3. The highest BCUT2D eigenvalue weighted by Crippen LogP contribution is 2.30. The molecule has 0 bridgehead atoms. The molecule has 4 aromatic rings. The minimum absolute atomic E-state index is 0.267. The summed E-state index contributed by atoms with van der Waals surface area (Å²) in [4.78, 5) is 0. The molecule has 0 spiro atoms. The van der Waals surface area contributed by atoms with E-state index in [2.05, 4.69) is 12.1 Å². The maximum Gasteiger partial charge on any atom is 0.119 e. The minimum Gasteiger partial charge on any atom is -0.508 e. The van der Waals surface area contributed by atoms with Gasteiger partial charge in [0.25, 0.3) is 0 Å². The van der Waals surface area contributed by atoms with Crippen LogP contribution in [-0.4, -0.2) is 15.3 Å². The number of hydrogen-bond acceptors (Lipinski definition) is 3. The first-order valence-corrected chi connectivity index (χ1v) is 10.0. The predicted molar refractivity (Wildman–Crippen MR) is 119 cm³/mol. The topological polar surface area (TPSA) is 60.7 Å². The van der Waals surface area contributed by atoms with Crippen LogP contribution >= 0.6 is 0 Å². The average Bonchev–Trinajstić information content (AvgIpc) is 2.75. The first kappa shape index (κ1) is 19.6. The highest BCUT2D eigenvalue weighted by Gasteiger charge is 2.14. The van der Waals surface area contributed by atoms with Crippen LogP contribution in [0.25, 0.3) is 0 Å². The molecule has 0 saturated heterocycles. The fourth-order valence-corrected chi connectivity index (χ4v) is 3.83. The number of aromatic hydroxyl groups is 3. The first-order valence-electron chi connectivity index (χ1n) is 10.0. The van der Waals surface area contributed by atoms with Gasteiger partial charge in [0.15, 0.2) is 0 Å². The summed E-state index contributed by atoms with van der Waals surface area (Å²) in [6.45, 7) is 0. The monoisotopic (exact) mass is 396 g/mol. The van der Waals surface area contributed by atoms with E-state index in [1.54, 1.807) is 18.2 Å². The van der Waals surface area contributed by atoms with Crippen LogP contribution in [-0.2, 0) is 19.3 Å². The second-order valence-corrected chi connectivity index (χ2v) is 7.47. The van der Waals surface area contributed by atoms with Gasteiger partial charge in [-0.25, -0.2) is 0 Å². The van der Waals surface area contributed by atoms with E-state index in [4.69, 9.17) is 0 Å². The van der Waals surface area contributed by atoms with Crippen LogP contribution in [0.2, 0.25) is 0 Å². The smallest absolute Gasteiger partial charge is 0.119 e. The van der Waals surface area contributed by atoms with Crippen molar-refractivity contribution < 1.29 is 15.3 Å². The van der Waals surface area contributed by atoms with Crippen molar-refractivity contribution in [3.63, 3.8) is 0 Å². The van der Waals surface area contributed by atoms with Gasteiger partial charge in [-0.2, -0.15) is 0 Å². The van der Waals surface area contributed by atoms with Crippen molar-refractivity contribution in [2.75, 3.05) is 0 Å². The van der Waals surface area contributed by atoms with Crippen LogP contribution < -0.4 is 0 Å². The van der Waals surface area contributed by atoms with Crippen LogP contribution in [0.3, 0.4) is 0 Å². The van der Waals surface area contributed by atoms with E-state index in [1.165, 1.54) is 0 Å². The average molecular weight is 396 g/mol. The molecule has 0 aliphatic heterocycles. The largest absolute Gasteiger partial charge is 0.508 e. The third-order valence-corrected chi connectivity index (χ3v) is 5.47. The predicted octanol–water partition coefficient (Wildman–Crippen LogP) is 5.58. The molecule has 3 nitrogen and oxygen atoms in total. The van der Waals surface area contributed by atoms with Gasteiger partial charge in [-0.15, -0.1) is 0 Å². The van der Waals surface area contributed by atoms with Crippen LogP contribution in [0.4, 0.5) is 0 Å². The SMILES string of the molecule is Oc1ccccc1Cc1cccc(Cc2ccccc2O)c1Cc1ccccc1O. The molecule has 150 valence electrons. The lowest BCUT2D eigenvalue weighted by Gasteiger charge is -2.17. The zero-order valence-electron chi connectivity index (χ0n) is 16.6. The van der Waals surface area contributed by atoms with Crippen molar-refractivity contribution in [3.8, 4) is 17.2 Å². The van der Waals surface area contributed by atoms with Crippen molar-refractivity contribution >= 4 is 0 Å². The Bertz CT molecular complexity index is 1100. The van der Waals surface area contributed by atoms with Gasteiger partial charge in [0.2, 0.25) is 0 Å². The Kier molecular flexibility index (Phi) is 5.71. The molecule has 3 heteroatoms. The quantitative estimate of drug-likeness (QED) is 0.399. The minimum atomic E-state index is 0.267. The molecule has 0 amide bonds. The third-order valence-electron chi connectivity index (χ3n) is 5.47. The summed E-state index contributed by atoms with van der Waals surface area (Å²) in [5.74, 6) is 0.817. The van der Waals surface area contributed by atoms with Crippen molar-refractivity contribution in [2.45, 2.75) is 19.3 Å². The first-order chi connectivity index (χ1) is 14.6. The van der Waals surface area contributed by atoms with Crippen molar-refractivity contribution in [1.29, 1.82) is 0 Å². The number of phenols is 3. The summed E-state index contributed by atoms with van der Waals surface area (Å²) in [5.41, 5.74) is 5.85. The van der Waals surface area contributed by atoms with E-state index in [9.17, 15) is 15.3 Å². The number of hydrogen-bond donors (Lipinski definition) is 3. The second-order valence-electron chi connectivity index (χ2n) is 7.47. The lowest BCUT2D eigenvalue weighted by Crippen LogP contribution is -2.04. The molecule has 4 aromatic carbocycles. The van der Waals surface area contributed by atoms with Crippen LogP contribution in [0.5, 0.6) is 17.2 Å². The van der Waals surface area contributed by atoms with Gasteiger partial charge in [0.05, 0.1) is 0 Å².